The van der Waals surface area contributed by atoms with Crippen LogP contribution in [0.4, 0.5) is 14.6 Å². The van der Waals surface area contributed by atoms with Crippen LogP contribution >= 0.6 is 8.17 Å². The van der Waals surface area contributed by atoms with Crippen LogP contribution in [0.15, 0.2) is 46.1 Å². The normalized spacial score (nSPS) is 25.5. The van der Waals surface area contributed by atoms with Gasteiger partial charge in [0.05, 0.1) is 0 Å². The Balaban J connectivity index is 1.85. The molecule has 0 bridgehead atoms. The van der Waals surface area contributed by atoms with Gasteiger partial charge in [-0.25, -0.2) is 18.4 Å². The zero-order valence-corrected chi connectivity index (χ0v) is 18.9. The van der Waals surface area contributed by atoms with Crippen molar-refractivity contribution in [1.29, 1.82) is 0 Å². The summed E-state index contributed by atoms with van der Waals surface area (Å²) in [4.78, 5) is 38.4. The predicted molar refractivity (Wildman–Crippen MR) is 113 cm³/mol. The summed E-state index contributed by atoms with van der Waals surface area (Å²) in [6.45, 7) is 0.145. The van der Waals surface area contributed by atoms with Gasteiger partial charge >= 0.3 is 19.8 Å². The van der Waals surface area contributed by atoms with E-state index in [2.05, 4.69) is 9.73 Å². The molecule has 16 heteroatoms. The standard InChI is InChI=1S/C19H21F2N4O9P/c1-9(16(28)29)24-35(31)34-11-5-3-2-4-10(11)32-8-19(17(20)21)14(27)13(26)15(33-19)25-7-6-12(22)23-18(25)30/h2-7,9,13-15,17,26-27H,8H2,1H3,(H,28,29)(H2,22,23,30)/t9?,13-,14+,15-,19-/m1/s1. The lowest BCUT2D eigenvalue weighted by Crippen LogP contribution is -2.53. The van der Waals surface area contributed by atoms with Gasteiger partial charge in [0.2, 0.25) is 5.75 Å². The maximum atomic E-state index is 14.2. The van der Waals surface area contributed by atoms with Crippen LogP contribution in [-0.4, -0.2) is 67.7 Å². The number of carboxylic acid groups (broad SMARTS) is 1. The SMILES string of the molecule is CC(/N=[P+](\[O-])Oc1ccccc1OC[C@@]1(C(F)F)O[C@@H](n2ccc(N)nc2=O)[C@H](O)[C@@H]1O)C(=O)O. The third kappa shape index (κ3) is 5.55. The molecule has 3 rings (SSSR count). The van der Waals surface area contributed by atoms with Gasteiger partial charge < -0.3 is 35.4 Å². The Hall–Kier alpha value is -3.23. The summed E-state index contributed by atoms with van der Waals surface area (Å²) in [7, 11) is -2.86. The minimum absolute atomic E-state index is 0.151. The molecule has 0 saturated carbocycles. The molecule has 35 heavy (non-hydrogen) atoms. The van der Waals surface area contributed by atoms with Crippen molar-refractivity contribution in [2.75, 3.05) is 12.3 Å². The fraction of sp³-hybridized carbons (Fsp3) is 0.421. The largest absolute Gasteiger partial charge is 0.575 e. The number of ether oxygens (including phenoxy) is 2. The van der Waals surface area contributed by atoms with Crippen LogP contribution in [0.5, 0.6) is 11.5 Å². The second-order valence-electron chi connectivity index (χ2n) is 7.44. The molecule has 1 aliphatic rings. The lowest BCUT2D eigenvalue weighted by molar-refractivity contribution is -0.192. The van der Waals surface area contributed by atoms with Gasteiger partial charge in [-0.15, -0.1) is 0 Å². The second kappa shape index (κ2) is 10.6. The molecule has 2 unspecified atom stereocenters. The number of hydrogen-bond acceptors (Lipinski definition) is 11. The number of anilines is 1. The van der Waals surface area contributed by atoms with Gasteiger partial charge in [-0.1, -0.05) is 16.9 Å². The Labute approximate surface area is 197 Å². The van der Waals surface area contributed by atoms with Crippen LogP contribution in [0.3, 0.4) is 0 Å². The molecule has 6 atom stereocenters. The first-order valence-electron chi connectivity index (χ1n) is 9.93. The van der Waals surface area contributed by atoms with E-state index >= 15 is 0 Å². The van der Waals surface area contributed by atoms with Crippen molar-refractivity contribution in [2.45, 2.75) is 43.4 Å². The van der Waals surface area contributed by atoms with Crippen molar-refractivity contribution in [3.63, 3.8) is 0 Å². The van der Waals surface area contributed by atoms with Crippen LogP contribution < -0.4 is 25.6 Å². The number of nitrogens with zero attached hydrogens (tertiary/aromatic N) is 3. The van der Waals surface area contributed by atoms with Crippen LogP contribution in [0.1, 0.15) is 13.2 Å². The van der Waals surface area contributed by atoms with Gasteiger partial charge in [0.1, 0.15) is 24.6 Å². The lowest BCUT2D eigenvalue weighted by atomic mass is 9.96. The quantitative estimate of drug-likeness (QED) is 0.322. The third-order valence-electron chi connectivity index (χ3n) is 5.06. The van der Waals surface area contributed by atoms with E-state index < -0.39 is 62.9 Å². The highest BCUT2D eigenvalue weighted by molar-refractivity contribution is 7.34. The first kappa shape index (κ1) is 26.4. The smallest absolute Gasteiger partial charge is 0.395 e. The monoisotopic (exact) mass is 518 g/mol. The van der Waals surface area contributed by atoms with E-state index in [1.54, 1.807) is 0 Å². The summed E-state index contributed by atoms with van der Waals surface area (Å²) in [6.07, 6.45) is -8.23. The molecular formula is C19H21F2N4O9P. The molecule has 2 aromatic rings. The number of benzene rings is 1. The van der Waals surface area contributed by atoms with Crippen molar-refractivity contribution in [3.05, 3.63) is 47.0 Å². The van der Waals surface area contributed by atoms with E-state index in [0.717, 1.165) is 6.20 Å². The molecule has 1 aliphatic heterocycles. The van der Waals surface area contributed by atoms with Gasteiger partial charge in [0, 0.05) is 6.20 Å². The number of aliphatic hydroxyl groups is 2. The summed E-state index contributed by atoms with van der Waals surface area (Å²) in [5, 5.41) is 29.7. The number of hydrogen-bond donors (Lipinski definition) is 4. The van der Waals surface area contributed by atoms with E-state index in [-0.39, 0.29) is 17.3 Å². The van der Waals surface area contributed by atoms with E-state index in [1.165, 1.54) is 37.3 Å². The zero-order valence-electron chi connectivity index (χ0n) is 18.0. The average Bonchev–Trinajstić information content (AvgIpc) is 3.04. The number of alkyl halides is 2. The third-order valence-corrected chi connectivity index (χ3v) is 5.94. The Morgan fingerprint density at radius 3 is 2.63 bits per heavy atom. The topological polar surface area (TPSA) is 202 Å². The van der Waals surface area contributed by atoms with Crippen LogP contribution in [0.2, 0.25) is 0 Å². The molecular weight excluding hydrogens is 497 g/mol. The minimum Gasteiger partial charge on any atom is -0.575 e. The predicted octanol–water partition coefficient (Wildman–Crippen LogP) is -0.133. The van der Waals surface area contributed by atoms with Crippen LogP contribution in [0.25, 0.3) is 0 Å². The van der Waals surface area contributed by atoms with E-state index in [9.17, 15) is 33.5 Å². The van der Waals surface area contributed by atoms with Crippen molar-refractivity contribution >= 4 is 20.0 Å². The second-order valence-corrected chi connectivity index (χ2v) is 8.33. The molecule has 5 N–H and O–H groups in total. The minimum atomic E-state index is -3.40. The first-order chi connectivity index (χ1) is 16.5. The molecule has 2 heterocycles. The summed E-state index contributed by atoms with van der Waals surface area (Å²) in [6, 6.07) is 5.25. The molecule has 1 aromatic carbocycles. The maximum absolute atomic E-state index is 14.2. The Bertz CT molecular complexity index is 1170. The van der Waals surface area contributed by atoms with Crippen molar-refractivity contribution < 1.29 is 47.8 Å². The number of nitrogen functional groups attached to an aromatic ring is 1. The molecule has 0 spiro atoms. The van der Waals surface area contributed by atoms with Gasteiger partial charge in [-0.2, -0.15) is 4.98 Å². The van der Waals surface area contributed by atoms with Crippen molar-refractivity contribution in [1.82, 2.24) is 9.55 Å². The fourth-order valence-corrected chi connectivity index (χ4v) is 3.89. The van der Waals surface area contributed by atoms with Gasteiger partial charge in [-0.3, -0.25) is 9.09 Å². The number of carbonyl (C=O) groups is 1. The number of rotatable bonds is 9. The number of aliphatic carboxylic acids is 1. The van der Waals surface area contributed by atoms with E-state index in [4.69, 9.17) is 24.8 Å². The Kier molecular flexibility index (Phi) is 7.97. The van der Waals surface area contributed by atoms with Gasteiger partial charge in [0.15, 0.2) is 23.6 Å². The molecule has 1 fully saturated rings. The highest BCUT2D eigenvalue weighted by atomic mass is 31.1. The summed E-state index contributed by atoms with van der Waals surface area (Å²) in [5.74, 6) is -1.92. The zero-order chi connectivity index (χ0) is 25.9. The van der Waals surface area contributed by atoms with Crippen LogP contribution in [-0.2, 0) is 9.53 Å². The molecule has 190 valence electrons. The summed E-state index contributed by atoms with van der Waals surface area (Å²) >= 11 is 0. The number of aromatic nitrogens is 2. The van der Waals surface area contributed by atoms with Crippen LogP contribution in [0, 0.1) is 0 Å². The summed E-state index contributed by atoms with van der Waals surface area (Å²) < 4.78 is 48.2. The average molecular weight is 518 g/mol. The number of para-hydroxylation sites is 2. The summed E-state index contributed by atoms with van der Waals surface area (Å²) in [5.41, 5.74) is 1.61. The fourth-order valence-electron chi connectivity index (χ4n) is 3.15. The van der Waals surface area contributed by atoms with E-state index in [0.29, 0.717) is 4.57 Å². The maximum Gasteiger partial charge on any atom is 0.395 e. The molecule has 1 aromatic heterocycles. The molecule has 0 aliphatic carbocycles. The van der Waals surface area contributed by atoms with Crippen molar-refractivity contribution in [3.8, 4) is 11.5 Å². The van der Waals surface area contributed by atoms with Gasteiger partial charge in [-0.05, 0) is 25.1 Å². The first-order valence-corrected chi connectivity index (χ1v) is 11.1. The molecule has 0 radical (unpaired) electrons. The van der Waals surface area contributed by atoms with Gasteiger partial charge in [0.25, 0.3) is 6.43 Å². The number of aliphatic hydroxyl groups excluding tert-OH is 2. The molecule has 1 saturated heterocycles. The Morgan fingerprint density at radius 1 is 1.37 bits per heavy atom. The molecule has 13 nitrogen and oxygen atoms in total. The number of nitrogens with two attached hydrogens (primary N) is 1. The van der Waals surface area contributed by atoms with Crippen molar-refractivity contribution in [2.24, 2.45) is 4.74 Å². The number of carboxylic acids is 1. The lowest BCUT2D eigenvalue weighted by Gasteiger charge is -2.30. The highest BCUT2D eigenvalue weighted by Gasteiger charge is 2.61. The molecule has 0 amide bonds. The number of halogens is 2. The highest BCUT2D eigenvalue weighted by Crippen LogP contribution is 2.42. The Morgan fingerprint density at radius 2 is 2.03 bits per heavy atom. The van der Waals surface area contributed by atoms with E-state index in [1.807, 2.05) is 0 Å².